The van der Waals surface area contributed by atoms with Crippen molar-refractivity contribution in [2.75, 3.05) is 20.7 Å². The fourth-order valence-corrected chi connectivity index (χ4v) is 9.39. The summed E-state index contributed by atoms with van der Waals surface area (Å²) < 4.78 is 38.5. The molecule has 0 unspecified atom stereocenters. The molecule has 3 fully saturated rings. The van der Waals surface area contributed by atoms with Crippen molar-refractivity contribution < 1.29 is 52.7 Å². The molecule has 0 radical (unpaired) electrons. The molecule has 14 atom stereocenters. The molecular weight excluding hydrogens is 792 g/mol. The van der Waals surface area contributed by atoms with Gasteiger partial charge in [-0.15, -0.1) is 0 Å². The minimum absolute atomic E-state index is 0.0528. The number of halogens is 1. The number of amides is 1. The number of ketones is 1. The van der Waals surface area contributed by atoms with Crippen molar-refractivity contribution in [3.05, 3.63) is 76.8 Å². The highest BCUT2D eigenvalue weighted by molar-refractivity contribution is 6.30. The molecule has 0 aromatic heterocycles. The topological polar surface area (TPSA) is 159 Å². The van der Waals surface area contributed by atoms with Gasteiger partial charge in [-0.25, -0.2) is 9.59 Å². The van der Waals surface area contributed by atoms with E-state index in [4.69, 9.17) is 40.0 Å². The Morgan fingerprint density at radius 1 is 1.02 bits per heavy atom. The van der Waals surface area contributed by atoms with Crippen LogP contribution >= 0.6 is 11.6 Å². The van der Waals surface area contributed by atoms with Crippen LogP contribution in [-0.2, 0) is 38.0 Å². The Morgan fingerprint density at radius 2 is 1.72 bits per heavy atom. The van der Waals surface area contributed by atoms with E-state index in [-0.39, 0.29) is 37.4 Å². The summed E-state index contributed by atoms with van der Waals surface area (Å²) in [5, 5.41) is 15.6. The van der Waals surface area contributed by atoms with Crippen molar-refractivity contribution in [2.45, 2.75) is 135 Å². The van der Waals surface area contributed by atoms with Crippen molar-refractivity contribution in [2.24, 2.45) is 23.7 Å². The molecule has 0 aliphatic carbocycles. The summed E-state index contributed by atoms with van der Waals surface area (Å²) >= 11 is 6.25. The van der Waals surface area contributed by atoms with Gasteiger partial charge in [-0.2, -0.15) is 0 Å². The summed E-state index contributed by atoms with van der Waals surface area (Å²) in [5.41, 5.74) is -1.54. The number of nitrogens with zero attached hydrogens (tertiary/aromatic N) is 1. The van der Waals surface area contributed by atoms with Gasteiger partial charge >= 0.3 is 18.0 Å². The van der Waals surface area contributed by atoms with Crippen molar-refractivity contribution in [1.29, 1.82) is 0 Å². The fraction of sp³-hybridized carbons (Fsp3) is 0.609. The van der Waals surface area contributed by atoms with Gasteiger partial charge in [0.15, 0.2) is 18.0 Å². The molecule has 0 saturated carbocycles. The zero-order valence-corrected chi connectivity index (χ0v) is 37.2. The smallest absolute Gasteiger partial charge is 0.408 e. The molecular formula is C46H63ClN2O11. The molecule has 3 heterocycles. The van der Waals surface area contributed by atoms with Gasteiger partial charge in [0, 0.05) is 22.8 Å². The first-order chi connectivity index (χ1) is 28.3. The number of fused-ring (bicyclic) bond motifs is 1. The Hall–Kier alpha value is -3.85. The lowest BCUT2D eigenvalue weighted by Gasteiger charge is -2.49. The van der Waals surface area contributed by atoms with Crippen LogP contribution in [0.2, 0.25) is 5.02 Å². The number of rotatable bonds is 10. The number of hydrogen-bond acceptors (Lipinski definition) is 12. The molecule has 60 heavy (non-hydrogen) atoms. The van der Waals surface area contributed by atoms with Gasteiger partial charge in [0.05, 0.1) is 54.1 Å². The Kier molecular flexibility index (Phi) is 15.7. The third-order valence-electron chi connectivity index (χ3n) is 12.6. The predicted octanol–water partition coefficient (Wildman–Crippen LogP) is 6.87. The summed E-state index contributed by atoms with van der Waals surface area (Å²) in [6.07, 6.45) is -1.97. The molecule has 330 valence electrons. The van der Waals surface area contributed by atoms with Crippen LogP contribution in [0.3, 0.4) is 0 Å². The number of nitrogens with one attached hydrogen (secondary N) is 1. The molecule has 5 rings (SSSR count). The lowest BCUT2D eigenvalue weighted by molar-refractivity contribution is -0.302. The van der Waals surface area contributed by atoms with Gasteiger partial charge in [-0.1, -0.05) is 81.8 Å². The number of ether oxygens (including phenoxy) is 6. The number of aliphatic hydroxyl groups excluding tert-OH is 1. The van der Waals surface area contributed by atoms with E-state index in [9.17, 15) is 24.3 Å². The second-order valence-corrected chi connectivity index (χ2v) is 17.9. The van der Waals surface area contributed by atoms with E-state index in [0.717, 1.165) is 5.56 Å². The Labute approximate surface area is 359 Å². The van der Waals surface area contributed by atoms with E-state index in [1.165, 1.54) is 0 Å². The minimum Gasteiger partial charge on any atom is -0.458 e. The molecule has 13 nitrogen and oxygen atoms in total. The van der Waals surface area contributed by atoms with Crippen LogP contribution in [-0.4, -0.2) is 115 Å². The lowest BCUT2D eigenvalue weighted by Crippen LogP contribution is -2.61. The quantitative estimate of drug-likeness (QED) is 0.189. The molecule has 3 aliphatic heterocycles. The summed E-state index contributed by atoms with van der Waals surface area (Å²) in [5.74, 6) is -4.89. The number of alkyl carbamates (subject to hydrolysis) is 1. The highest BCUT2D eigenvalue weighted by Gasteiger charge is 2.57. The first-order valence-corrected chi connectivity index (χ1v) is 21.4. The maximum Gasteiger partial charge on any atom is 0.408 e. The number of esters is 2. The number of aliphatic hydroxyl groups is 1. The molecule has 0 bridgehead atoms. The van der Waals surface area contributed by atoms with Crippen molar-refractivity contribution in [3.8, 4) is 0 Å². The number of likely N-dealkylation sites (N-methyl/N-ethyl adjacent to an activating group) is 1. The maximum absolute atomic E-state index is 14.6. The number of hydrogen-bond donors (Lipinski definition) is 2. The van der Waals surface area contributed by atoms with Crippen LogP contribution in [0, 0.1) is 23.7 Å². The Balaban J connectivity index is 1.61. The van der Waals surface area contributed by atoms with Gasteiger partial charge in [0.1, 0.15) is 11.9 Å². The van der Waals surface area contributed by atoms with Crippen LogP contribution in [0.5, 0.6) is 0 Å². The average Bonchev–Trinajstić information content (AvgIpc) is 3.53. The number of cyclic esters (lactones) is 1. The summed E-state index contributed by atoms with van der Waals surface area (Å²) in [4.78, 5) is 57.1. The zero-order chi connectivity index (χ0) is 44.1. The molecule has 0 spiro atoms. The van der Waals surface area contributed by atoms with Gasteiger partial charge in [-0.3, -0.25) is 9.59 Å². The molecule has 3 aliphatic rings. The summed E-state index contributed by atoms with van der Waals surface area (Å²) in [6, 6.07) is 14.8. The lowest BCUT2D eigenvalue weighted by atomic mass is 9.73. The highest BCUT2D eigenvalue weighted by Crippen LogP contribution is 2.41. The maximum atomic E-state index is 14.6. The summed E-state index contributed by atoms with van der Waals surface area (Å²) in [6.45, 7) is 14.1. The Bertz CT molecular complexity index is 1840. The normalized spacial score (nSPS) is 36.9. The van der Waals surface area contributed by atoms with Gasteiger partial charge in [0.2, 0.25) is 0 Å². The predicted molar refractivity (Wildman–Crippen MR) is 226 cm³/mol. The van der Waals surface area contributed by atoms with Crippen LogP contribution in [0.4, 0.5) is 4.79 Å². The van der Waals surface area contributed by atoms with Crippen molar-refractivity contribution in [3.63, 3.8) is 0 Å². The second-order valence-electron chi connectivity index (χ2n) is 17.4. The van der Waals surface area contributed by atoms with Crippen LogP contribution < -0.4 is 5.32 Å². The van der Waals surface area contributed by atoms with E-state index < -0.39 is 89.7 Å². The monoisotopic (exact) mass is 854 g/mol. The van der Waals surface area contributed by atoms with Crippen molar-refractivity contribution in [1.82, 2.24) is 10.2 Å². The van der Waals surface area contributed by atoms with E-state index in [1.807, 2.05) is 69.3 Å². The zero-order valence-electron chi connectivity index (χ0n) is 36.5. The average molecular weight is 855 g/mol. The van der Waals surface area contributed by atoms with Crippen molar-refractivity contribution >= 4 is 41.5 Å². The number of Topliss-reactive ketones (excluding diaryl/α,β-unsaturated/α-hetero) is 1. The van der Waals surface area contributed by atoms with Crippen LogP contribution in [0.1, 0.15) is 90.6 Å². The molecule has 1 amide bonds. The third kappa shape index (κ3) is 10.6. The molecule has 2 aromatic rings. The number of benzene rings is 2. The standard InChI is InChI=1S/C46H63ClN2O11/c1-11-35-46(8)39(48-44(54)60-46)28(4)36(50)26(2)25-45(7,55-22-16-18-31-17-15-21-33(47)24-31)40(29(5)37(51)30(6)41(52)57-35)59-43-38(34(49(9)10)23-27(3)56-43)58-42(53)32-19-13-12-14-20-32/h12-21,24,26-30,34-35,37-40,43,51H,11,22-23,25H2,1-10H3,(H,48,54)/b18-16+/t26-,27-,28+,29+,30-,34+,35-,37+,38-,39-,40-,43+,45+,46-/m1/s1. The third-order valence-corrected chi connectivity index (χ3v) is 12.8. The molecule has 2 aromatic carbocycles. The number of carbonyl (C=O) groups is 4. The fourth-order valence-electron chi connectivity index (χ4n) is 9.19. The SMILES string of the molecule is CC[C@H]1OC(=O)[C@H](C)[C@@H](O)[C@H](C)[C@@H](O[C@@H]2O[C@H](C)C[C@H](N(C)C)[C@H]2OC(=O)c2ccccc2)[C@@](C)(OC/C=C/c2cccc(Cl)c2)C[C@@H](C)C(=O)[C@H](C)[C@H]2NC(=O)O[C@@]21C. The second kappa shape index (κ2) is 19.9. The van der Waals surface area contributed by atoms with Gasteiger partial charge < -0.3 is 43.7 Å². The first kappa shape index (κ1) is 47.2. The van der Waals surface area contributed by atoms with Crippen LogP contribution in [0.25, 0.3) is 6.08 Å². The molecule has 14 heteroatoms. The van der Waals surface area contributed by atoms with E-state index in [2.05, 4.69) is 5.32 Å². The number of carbonyl (C=O) groups excluding carboxylic acids is 4. The first-order valence-electron chi connectivity index (χ1n) is 21.0. The van der Waals surface area contributed by atoms with E-state index in [1.54, 1.807) is 71.9 Å². The largest absolute Gasteiger partial charge is 0.458 e. The Morgan fingerprint density at radius 3 is 2.37 bits per heavy atom. The van der Waals surface area contributed by atoms with E-state index in [0.29, 0.717) is 17.0 Å². The molecule has 2 N–H and O–H groups in total. The highest BCUT2D eigenvalue weighted by atomic mass is 35.5. The van der Waals surface area contributed by atoms with Gasteiger partial charge in [0.25, 0.3) is 0 Å². The molecule has 3 saturated heterocycles. The van der Waals surface area contributed by atoms with Crippen LogP contribution in [0.15, 0.2) is 60.7 Å². The van der Waals surface area contributed by atoms with Gasteiger partial charge in [-0.05, 0) is 90.9 Å². The summed E-state index contributed by atoms with van der Waals surface area (Å²) in [7, 11) is 3.79. The minimum atomic E-state index is -1.38. The van der Waals surface area contributed by atoms with E-state index >= 15 is 0 Å².